The molecule has 1 rings (SSSR count). The Balaban J connectivity index is 2.65. The van der Waals surface area contributed by atoms with Crippen molar-refractivity contribution in [3.63, 3.8) is 0 Å². The van der Waals surface area contributed by atoms with Gasteiger partial charge < -0.3 is 15.4 Å². The quantitative estimate of drug-likeness (QED) is 0.793. The van der Waals surface area contributed by atoms with Crippen molar-refractivity contribution < 1.29 is 4.74 Å². The highest BCUT2D eigenvalue weighted by molar-refractivity contribution is 5.00. The third-order valence-electron chi connectivity index (χ3n) is 3.79. The van der Waals surface area contributed by atoms with Crippen molar-refractivity contribution in [2.75, 3.05) is 13.7 Å². The highest BCUT2D eigenvalue weighted by Crippen LogP contribution is 2.29. The second-order valence-electron chi connectivity index (χ2n) is 7.47. The Morgan fingerprint density at radius 3 is 2.06 bits per heavy atom. The zero-order valence-electron chi connectivity index (χ0n) is 13.3. The zero-order chi connectivity index (χ0) is 14.0. The monoisotopic (exact) mass is 256 g/mol. The SMILES string of the molecule is COCC(NC1CC(C)(C)NC(C)(C)C1)C(C)C. The van der Waals surface area contributed by atoms with Crippen LogP contribution in [0.25, 0.3) is 0 Å². The molecule has 0 aromatic carbocycles. The van der Waals surface area contributed by atoms with Gasteiger partial charge in [-0.05, 0) is 46.5 Å². The van der Waals surface area contributed by atoms with E-state index in [0.29, 0.717) is 18.0 Å². The second kappa shape index (κ2) is 5.89. The van der Waals surface area contributed by atoms with E-state index in [2.05, 4.69) is 52.2 Å². The van der Waals surface area contributed by atoms with Crippen molar-refractivity contribution in [2.24, 2.45) is 5.92 Å². The average molecular weight is 256 g/mol. The van der Waals surface area contributed by atoms with Gasteiger partial charge in [-0.1, -0.05) is 13.8 Å². The molecule has 3 nitrogen and oxygen atoms in total. The molecule has 108 valence electrons. The van der Waals surface area contributed by atoms with Crippen LogP contribution in [0.3, 0.4) is 0 Å². The number of piperidine rings is 1. The fourth-order valence-electron chi connectivity index (χ4n) is 3.36. The molecule has 1 fully saturated rings. The van der Waals surface area contributed by atoms with Gasteiger partial charge in [0.2, 0.25) is 0 Å². The summed E-state index contributed by atoms with van der Waals surface area (Å²) >= 11 is 0. The largest absolute Gasteiger partial charge is 0.383 e. The van der Waals surface area contributed by atoms with Gasteiger partial charge in [-0.25, -0.2) is 0 Å². The molecule has 0 bridgehead atoms. The van der Waals surface area contributed by atoms with Crippen LogP contribution in [0.1, 0.15) is 54.4 Å². The number of nitrogens with one attached hydrogen (secondary N) is 2. The Morgan fingerprint density at radius 1 is 1.17 bits per heavy atom. The molecular formula is C15H32N2O. The molecule has 2 N–H and O–H groups in total. The standard InChI is InChI=1S/C15H32N2O/c1-11(2)13(10-18-7)16-12-8-14(3,4)17-15(5,6)9-12/h11-13,16-17H,8-10H2,1-7H3. The molecule has 1 aliphatic rings. The smallest absolute Gasteiger partial charge is 0.0618 e. The molecule has 1 heterocycles. The van der Waals surface area contributed by atoms with Gasteiger partial charge in [0.25, 0.3) is 0 Å². The van der Waals surface area contributed by atoms with Crippen molar-refractivity contribution in [3.8, 4) is 0 Å². The predicted octanol–water partition coefficient (Wildman–Crippen LogP) is 2.56. The summed E-state index contributed by atoms with van der Waals surface area (Å²) in [6, 6.07) is 1.02. The number of methoxy groups -OCH3 is 1. The lowest BCUT2D eigenvalue weighted by molar-refractivity contribution is 0.102. The van der Waals surface area contributed by atoms with Gasteiger partial charge in [0.15, 0.2) is 0 Å². The maximum atomic E-state index is 5.33. The summed E-state index contributed by atoms with van der Waals surface area (Å²) in [5, 5.41) is 7.53. The molecule has 1 atom stereocenters. The molecule has 3 heteroatoms. The molecule has 1 unspecified atom stereocenters. The summed E-state index contributed by atoms with van der Waals surface area (Å²) in [6.07, 6.45) is 2.34. The van der Waals surface area contributed by atoms with Gasteiger partial charge >= 0.3 is 0 Å². The molecule has 0 aromatic rings. The fraction of sp³-hybridized carbons (Fsp3) is 1.00. The molecule has 0 aliphatic carbocycles. The predicted molar refractivity (Wildman–Crippen MR) is 78.0 cm³/mol. The van der Waals surface area contributed by atoms with Crippen molar-refractivity contribution in [2.45, 2.75) is 77.5 Å². The van der Waals surface area contributed by atoms with Crippen LogP contribution < -0.4 is 10.6 Å². The molecule has 1 saturated heterocycles. The molecule has 0 radical (unpaired) electrons. The molecule has 18 heavy (non-hydrogen) atoms. The summed E-state index contributed by atoms with van der Waals surface area (Å²) in [5.74, 6) is 0.603. The number of hydrogen-bond donors (Lipinski definition) is 2. The normalized spacial score (nSPS) is 25.3. The van der Waals surface area contributed by atoms with E-state index in [4.69, 9.17) is 4.74 Å². The van der Waals surface area contributed by atoms with Crippen LogP contribution in [0, 0.1) is 5.92 Å². The molecule has 0 aromatic heterocycles. The first-order valence-corrected chi connectivity index (χ1v) is 7.19. The van der Waals surface area contributed by atoms with Gasteiger partial charge in [0.05, 0.1) is 6.61 Å². The maximum absolute atomic E-state index is 5.33. The molecular weight excluding hydrogens is 224 g/mol. The van der Waals surface area contributed by atoms with Gasteiger partial charge in [-0.2, -0.15) is 0 Å². The van der Waals surface area contributed by atoms with Crippen LogP contribution in [0.5, 0.6) is 0 Å². The maximum Gasteiger partial charge on any atom is 0.0618 e. The van der Waals surface area contributed by atoms with Crippen molar-refractivity contribution >= 4 is 0 Å². The lowest BCUT2D eigenvalue weighted by atomic mass is 9.79. The van der Waals surface area contributed by atoms with E-state index in [1.165, 1.54) is 12.8 Å². The first-order chi connectivity index (χ1) is 8.15. The summed E-state index contributed by atoms with van der Waals surface area (Å²) in [5.41, 5.74) is 0.405. The van der Waals surface area contributed by atoms with Crippen LogP contribution in [0.2, 0.25) is 0 Å². The van der Waals surface area contributed by atoms with Crippen LogP contribution in [0.15, 0.2) is 0 Å². The summed E-state index contributed by atoms with van der Waals surface area (Å²) in [4.78, 5) is 0. The molecule has 0 saturated carbocycles. The second-order valence-corrected chi connectivity index (χ2v) is 7.47. The Kier molecular flexibility index (Phi) is 5.22. The van der Waals surface area contributed by atoms with E-state index in [0.717, 1.165) is 6.61 Å². The Bertz CT molecular complexity index is 245. The van der Waals surface area contributed by atoms with Crippen LogP contribution in [-0.4, -0.2) is 36.9 Å². The Morgan fingerprint density at radius 2 is 1.67 bits per heavy atom. The van der Waals surface area contributed by atoms with Crippen molar-refractivity contribution in [1.29, 1.82) is 0 Å². The minimum absolute atomic E-state index is 0.202. The summed E-state index contributed by atoms with van der Waals surface area (Å²) < 4.78 is 5.33. The lowest BCUT2D eigenvalue weighted by Gasteiger charge is -2.47. The fourth-order valence-corrected chi connectivity index (χ4v) is 3.36. The highest BCUT2D eigenvalue weighted by Gasteiger charge is 2.38. The van der Waals surface area contributed by atoms with Gasteiger partial charge in [-0.3, -0.25) is 0 Å². The van der Waals surface area contributed by atoms with Crippen molar-refractivity contribution in [3.05, 3.63) is 0 Å². The van der Waals surface area contributed by atoms with Crippen LogP contribution in [0.4, 0.5) is 0 Å². The first kappa shape index (κ1) is 15.9. The van der Waals surface area contributed by atoms with E-state index in [9.17, 15) is 0 Å². The third-order valence-corrected chi connectivity index (χ3v) is 3.79. The van der Waals surface area contributed by atoms with E-state index >= 15 is 0 Å². The zero-order valence-corrected chi connectivity index (χ0v) is 13.3. The van der Waals surface area contributed by atoms with E-state index in [-0.39, 0.29) is 11.1 Å². The van der Waals surface area contributed by atoms with Gasteiger partial charge in [0.1, 0.15) is 0 Å². The highest BCUT2D eigenvalue weighted by atomic mass is 16.5. The minimum Gasteiger partial charge on any atom is -0.383 e. The Hall–Kier alpha value is -0.120. The number of rotatable bonds is 5. The van der Waals surface area contributed by atoms with Crippen molar-refractivity contribution in [1.82, 2.24) is 10.6 Å². The summed E-state index contributed by atoms with van der Waals surface area (Å²) in [6.45, 7) is 14.5. The van der Waals surface area contributed by atoms with Gasteiger partial charge in [0, 0.05) is 30.3 Å². The van der Waals surface area contributed by atoms with Crippen LogP contribution in [-0.2, 0) is 4.74 Å². The molecule has 0 amide bonds. The average Bonchev–Trinajstić information content (AvgIpc) is 2.11. The van der Waals surface area contributed by atoms with E-state index in [1.807, 2.05) is 0 Å². The lowest BCUT2D eigenvalue weighted by Crippen LogP contribution is -2.63. The summed E-state index contributed by atoms with van der Waals surface area (Å²) in [7, 11) is 1.79. The molecule has 0 spiro atoms. The topological polar surface area (TPSA) is 33.3 Å². The third kappa shape index (κ3) is 4.87. The first-order valence-electron chi connectivity index (χ1n) is 7.19. The molecule has 1 aliphatic heterocycles. The minimum atomic E-state index is 0.202. The van der Waals surface area contributed by atoms with E-state index in [1.54, 1.807) is 7.11 Å². The van der Waals surface area contributed by atoms with Gasteiger partial charge in [-0.15, -0.1) is 0 Å². The van der Waals surface area contributed by atoms with E-state index < -0.39 is 0 Å². The number of ether oxygens (including phenoxy) is 1. The number of hydrogen-bond acceptors (Lipinski definition) is 3. The Labute approximate surface area is 113 Å². The van der Waals surface area contributed by atoms with Crippen LogP contribution >= 0.6 is 0 Å².